The lowest BCUT2D eigenvalue weighted by Crippen LogP contribution is -2.32. The molecule has 1 atom stereocenters. The zero-order chi connectivity index (χ0) is 13.4. The molecular formula is C14H23N3O. The number of carbonyl (C=O) groups excluding carboxylic acids is 1. The number of likely N-dealkylation sites (tertiary alicyclic amines) is 1. The molecule has 0 aromatic carbocycles. The summed E-state index contributed by atoms with van der Waals surface area (Å²) in [4.78, 5) is 13.9. The zero-order valence-corrected chi connectivity index (χ0v) is 11.4. The van der Waals surface area contributed by atoms with Crippen LogP contribution in [0.15, 0.2) is 11.8 Å². The highest BCUT2D eigenvalue weighted by Crippen LogP contribution is 2.16. The topological polar surface area (TPSA) is 56.1 Å². The number of hydrogen-bond donors (Lipinski definition) is 1. The third-order valence-electron chi connectivity index (χ3n) is 3.18. The summed E-state index contributed by atoms with van der Waals surface area (Å²) in [6.45, 7) is 6.80. The van der Waals surface area contributed by atoms with Crippen molar-refractivity contribution in [3.8, 4) is 6.07 Å². The average Bonchev–Trinajstić information content (AvgIpc) is 2.36. The Labute approximate surface area is 110 Å². The van der Waals surface area contributed by atoms with Crippen LogP contribution in [0.3, 0.4) is 0 Å². The van der Waals surface area contributed by atoms with Crippen molar-refractivity contribution in [2.45, 2.75) is 39.5 Å². The van der Waals surface area contributed by atoms with Crippen molar-refractivity contribution >= 4 is 5.91 Å². The van der Waals surface area contributed by atoms with Crippen LogP contribution < -0.4 is 5.32 Å². The van der Waals surface area contributed by atoms with E-state index in [0.717, 1.165) is 32.4 Å². The zero-order valence-electron chi connectivity index (χ0n) is 11.4. The van der Waals surface area contributed by atoms with Crippen LogP contribution in [0.2, 0.25) is 0 Å². The summed E-state index contributed by atoms with van der Waals surface area (Å²) >= 11 is 0. The van der Waals surface area contributed by atoms with Crippen LogP contribution in [0.1, 0.15) is 39.5 Å². The Kier molecular flexibility index (Phi) is 6.27. The molecule has 0 spiro atoms. The molecule has 1 amide bonds. The molecule has 1 unspecified atom stereocenters. The van der Waals surface area contributed by atoms with Gasteiger partial charge in [0.25, 0.3) is 5.91 Å². The smallest absolute Gasteiger partial charge is 0.263 e. The molecule has 1 heterocycles. The minimum Gasteiger partial charge on any atom is -0.376 e. The minimum atomic E-state index is -0.246. The van der Waals surface area contributed by atoms with Crippen LogP contribution >= 0.6 is 0 Å². The maximum Gasteiger partial charge on any atom is 0.263 e. The average molecular weight is 249 g/mol. The quantitative estimate of drug-likeness (QED) is 0.461. The van der Waals surface area contributed by atoms with E-state index in [1.54, 1.807) is 6.20 Å². The van der Waals surface area contributed by atoms with Gasteiger partial charge in [0.2, 0.25) is 0 Å². The van der Waals surface area contributed by atoms with Gasteiger partial charge in [0.15, 0.2) is 0 Å². The molecule has 0 aliphatic carbocycles. The number of carbonyl (C=O) groups is 1. The summed E-state index contributed by atoms with van der Waals surface area (Å²) in [5.74, 6) is 0.391. The highest BCUT2D eigenvalue weighted by Gasteiger charge is 2.16. The van der Waals surface area contributed by atoms with E-state index >= 15 is 0 Å². The summed E-state index contributed by atoms with van der Waals surface area (Å²) in [5.41, 5.74) is 0.222. The Balaban J connectivity index is 2.53. The number of hydrogen-bond acceptors (Lipinski definition) is 3. The van der Waals surface area contributed by atoms with Crippen LogP contribution in [-0.2, 0) is 4.79 Å². The lowest BCUT2D eigenvalue weighted by molar-refractivity contribution is -0.117. The number of unbranched alkanes of at least 4 members (excludes halogenated alkanes) is 1. The first-order valence-electron chi connectivity index (χ1n) is 6.81. The maximum atomic E-state index is 11.8. The predicted octanol–water partition coefficient (Wildman–Crippen LogP) is 2.04. The molecule has 0 aromatic rings. The van der Waals surface area contributed by atoms with E-state index in [1.165, 1.54) is 6.42 Å². The SMILES string of the molecule is CCCCNC(=O)/C(C#N)=C\N1CCCC(C)C1. The van der Waals surface area contributed by atoms with Crippen molar-refractivity contribution < 1.29 is 4.79 Å². The van der Waals surface area contributed by atoms with Gasteiger partial charge in [-0.05, 0) is 25.2 Å². The second-order valence-electron chi connectivity index (χ2n) is 5.01. The van der Waals surface area contributed by atoms with E-state index in [9.17, 15) is 4.79 Å². The highest BCUT2D eigenvalue weighted by molar-refractivity contribution is 5.97. The third-order valence-corrected chi connectivity index (χ3v) is 3.18. The van der Waals surface area contributed by atoms with E-state index in [0.29, 0.717) is 12.5 Å². The molecule has 4 nitrogen and oxygen atoms in total. The van der Waals surface area contributed by atoms with Gasteiger partial charge in [-0.2, -0.15) is 5.26 Å². The molecule has 1 saturated heterocycles. The first-order valence-corrected chi connectivity index (χ1v) is 6.81. The van der Waals surface area contributed by atoms with Gasteiger partial charge < -0.3 is 10.2 Å². The molecule has 100 valence electrons. The fraction of sp³-hybridized carbons (Fsp3) is 0.714. The Bertz CT molecular complexity index is 343. The van der Waals surface area contributed by atoms with Gasteiger partial charge in [-0.3, -0.25) is 4.79 Å². The maximum absolute atomic E-state index is 11.8. The molecular weight excluding hydrogens is 226 g/mol. The highest BCUT2D eigenvalue weighted by atomic mass is 16.1. The van der Waals surface area contributed by atoms with Crippen LogP contribution in [0, 0.1) is 17.2 Å². The summed E-state index contributed by atoms with van der Waals surface area (Å²) in [5, 5.41) is 11.8. The van der Waals surface area contributed by atoms with Crippen molar-refractivity contribution in [1.29, 1.82) is 5.26 Å². The lowest BCUT2D eigenvalue weighted by Gasteiger charge is -2.29. The van der Waals surface area contributed by atoms with E-state index in [1.807, 2.05) is 6.07 Å². The fourth-order valence-corrected chi connectivity index (χ4v) is 2.14. The summed E-state index contributed by atoms with van der Waals surface area (Å²) in [7, 11) is 0. The molecule has 4 heteroatoms. The number of nitrogens with one attached hydrogen (secondary N) is 1. The first kappa shape index (κ1) is 14.6. The van der Waals surface area contributed by atoms with Crippen molar-refractivity contribution in [2.24, 2.45) is 5.92 Å². The first-order chi connectivity index (χ1) is 8.67. The van der Waals surface area contributed by atoms with Crippen molar-refractivity contribution in [1.82, 2.24) is 10.2 Å². The lowest BCUT2D eigenvalue weighted by atomic mass is 10.0. The number of nitrogens with zero attached hydrogens (tertiary/aromatic N) is 2. The molecule has 0 radical (unpaired) electrons. The molecule has 0 saturated carbocycles. The van der Waals surface area contributed by atoms with Gasteiger partial charge in [-0.15, -0.1) is 0 Å². The minimum absolute atomic E-state index is 0.222. The van der Waals surface area contributed by atoms with Gasteiger partial charge in [0, 0.05) is 25.8 Å². The standard InChI is InChI=1S/C14H23N3O/c1-3-4-7-16-14(18)13(9-15)11-17-8-5-6-12(2)10-17/h11-12H,3-8,10H2,1-2H3,(H,16,18)/b13-11-. The van der Waals surface area contributed by atoms with Gasteiger partial charge in [0.05, 0.1) is 0 Å². The molecule has 0 bridgehead atoms. The summed E-state index contributed by atoms with van der Waals surface area (Å²) in [6.07, 6.45) is 6.07. The molecule has 1 aliphatic heterocycles. The Morgan fingerprint density at radius 1 is 1.61 bits per heavy atom. The Morgan fingerprint density at radius 3 is 3.00 bits per heavy atom. The van der Waals surface area contributed by atoms with Crippen molar-refractivity contribution in [2.75, 3.05) is 19.6 Å². The molecule has 1 aliphatic rings. The van der Waals surface area contributed by atoms with Crippen LogP contribution in [-0.4, -0.2) is 30.4 Å². The Morgan fingerprint density at radius 2 is 2.39 bits per heavy atom. The van der Waals surface area contributed by atoms with Crippen LogP contribution in [0.25, 0.3) is 0 Å². The predicted molar refractivity (Wildman–Crippen MR) is 71.6 cm³/mol. The third kappa shape index (κ3) is 4.79. The van der Waals surface area contributed by atoms with E-state index in [2.05, 4.69) is 24.1 Å². The summed E-state index contributed by atoms with van der Waals surface area (Å²) < 4.78 is 0. The van der Waals surface area contributed by atoms with E-state index in [4.69, 9.17) is 5.26 Å². The van der Waals surface area contributed by atoms with E-state index in [-0.39, 0.29) is 11.5 Å². The number of piperidine rings is 1. The van der Waals surface area contributed by atoms with Gasteiger partial charge in [0.1, 0.15) is 11.6 Å². The molecule has 18 heavy (non-hydrogen) atoms. The van der Waals surface area contributed by atoms with Gasteiger partial charge in [-0.1, -0.05) is 20.3 Å². The van der Waals surface area contributed by atoms with E-state index < -0.39 is 0 Å². The molecule has 0 aromatic heterocycles. The second-order valence-corrected chi connectivity index (χ2v) is 5.01. The number of rotatable bonds is 5. The largest absolute Gasteiger partial charge is 0.376 e. The van der Waals surface area contributed by atoms with Gasteiger partial charge >= 0.3 is 0 Å². The fourth-order valence-electron chi connectivity index (χ4n) is 2.14. The van der Waals surface area contributed by atoms with Crippen molar-refractivity contribution in [3.63, 3.8) is 0 Å². The summed E-state index contributed by atoms with van der Waals surface area (Å²) in [6, 6.07) is 2.00. The van der Waals surface area contributed by atoms with Gasteiger partial charge in [-0.25, -0.2) is 0 Å². The number of amides is 1. The normalized spacial score (nSPS) is 20.4. The van der Waals surface area contributed by atoms with Crippen LogP contribution in [0.4, 0.5) is 0 Å². The van der Waals surface area contributed by atoms with Crippen LogP contribution in [0.5, 0.6) is 0 Å². The Hall–Kier alpha value is -1.50. The molecule has 1 rings (SSSR count). The van der Waals surface area contributed by atoms with Crippen molar-refractivity contribution in [3.05, 3.63) is 11.8 Å². The molecule has 1 fully saturated rings. The second kappa shape index (κ2) is 7.75. The number of nitriles is 1. The molecule has 1 N–H and O–H groups in total. The monoisotopic (exact) mass is 249 g/mol.